The van der Waals surface area contributed by atoms with Crippen LogP contribution < -0.4 is 5.43 Å². The molecule has 84 valence electrons. The number of nitrogens with one attached hydrogen (secondary N) is 1. The Bertz CT molecular complexity index is 574. The third-order valence-electron chi connectivity index (χ3n) is 3.04. The molecule has 2 nitrogen and oxygen atoms in total. The van der Waals surface area contributed by atoms with Crippen LogP contribution in [0.1, 0.15) is 31.7 Å². The third kappa shape index (κ3) is 2.00. The summed E-state index contributed by atoms with van der Waals surface area (Å²) in [5, 5.41) is 0.796. The SMILES string of the molecule is CCC(C)c1ccc2[nH]cc(I)c(=O)c2c1. The molecule has 0 aliphatic rings. The summed E-state index contributed by atoms with van der Waals surface area (Å²) in [6.07, 6.45) is 2.85. The summed E-state index contributed by atoms with van der Waals surface area (Å²) in [4.78, 5) is 15.1. The van der Waals surface area contributed by atoms with Gasteiger partial charge in [0.15, 0.2) is 0 Å². The molecular formula is C13H14INO. The van der Waals surface area contributed by atoms with Crippen LogP contribution in [0.2, 0.25) is 0 Å². The van der Waals surface area contributed by atoms with E-state index in [9.17, 15) is 4.79 Å². The average molecular weight is 327 g/mol. The summed E-state index contributed by atoms with van der Waals surface area (Å²) in [5.41, 5.74) is 2.28. The van der Waals surface area contributed by atoms with E-state index in [-0.39, 0.29) is 5.43 Å². The molecule has 0 saturated heterocycles. The molecule has 2 rings (SSSR count). The van der Waals surface area contributed by atoms with Crippen molar-refractivity contribution in [1.29, 1.82) is 0 Å². The van der Waals surface area contributed by atoms with Crippen LogP contribution in [-0.2, 0) is 0 Å². The molecule has 16 heavy (non-hydrogen) atoms. The van der Waals surface area contributed by atoms with Crippen LogP contribution in [0.4, 0.5) is 0 Å². The first-order valence-corrected chi connectivity index (χ1v) is 6.52. The highest BCUT2D eigenvalue weighted by Crippen LogP contribution is 2.21. The fourth-order valence-corrected chi connectivity index (χ4v) is 2.20. The third-order valence-corrected chi connectivity index (χ3v) is 3.84. The second-order valence-electron chi connectivity index (χ2n) is 4.08. The molecule has 0 spiro atoms. The zero-order valence-corrected chi connectivity index (χ0v) is 11.5. The van der Waals surface area contributed by atoms with Crippen LogP contribution in [0.3, 0.4) is 0 Å². The molecule has 1 unspecified atom stereocenters. The number of hydrogen-bond acceptors (Lipinski definition) is 1. The van der Waals surface area contributed by atoms with Gasteiger partial charge in [0.05, 0.1) is 3.57 Å². The van der Waals surface area contributed by atoms with Crippen molar-refractivity contribution in [2.24, 2.45) is 0 Å². The molecule has 0 aliphatic carbocycles. The number of halogens is 1. The van der Waals surface area contributed by atoms with Gasteiger partial charge in [0.1, 0.15) is 0 Å². The van der Waals surface area contributed by atoms with Crippen LogP contribution in [0.25, 0.3) is 10.9 Å². The molecule has 1 aromatic carbocycles. The lowest BCUT2D eigenvalue weighted by Gasteiger charge is -2.09. The minimum absolute atomic E-state index is 0.125. The highest BCUT2D eigenvalue weighted by molar-refractivity contribution is 14.1. The number of benzene rings is 1. The van der Waals surface area contributed by atoms with Crippen molar-refractivity contribution in [3.8, 4) is 0 Å². The van der Waals surface area contributed by atoms with Gasteiger partial charge in [0.2, 0.25) is 5.43 Å². The molecule has 0 radical (unpaired) electrons. The molecule has 2 aromatic rings. The van der Waals surface area contributed by atoms with Crippen LogP contribution in [0.15, 0.2) is 29.2 Å². The van der Waals surface area contributed by atoms with E-state index in [2.05, 4.69) is 47.5 Å². The van der Waals surface area contributed by atoms with E-state index in [0.29, 0.717) is 5.92 Å². The Labute approximate surface area is 108 Å². The summed E-state index contributed by atoms with van der Waals surface area (Å²) in [7, 11) is 0. The van der Waals surface area contributed by atoms with Gasteiger partial charge < -0.3 is 4.98 Å². The molecule has 1 atom stereocenters. The first-order chi connectivity index (χ1) is 7.63. The van der Waals surface area contributed by atoms with E-state index in [0.717, 1.165) is 20.9 Å². The highest BCUT2D eigenvalue weighted by Gasteiger charge is 2.07. The minimum atomic E-state index is 0.125. The van der Waals surface area contributed by atoms with Crippen molar-refractivity contribution in [3.05, 3.63) is 43.8 Å². The first-order valence-electron chi connectivity index (χ1n) is 5.44. The normalized spacial score (nSPS) is 12.9. The van der Waals surface area contributed by atoms with E-state index in [1.165, 1.54) is 5.56 Å². The molecular weight excluding hydrogens is 313 g/mol. The molecule has 0 bridgehead atoms. The van der Waals surface area contributed by atoms with Crippen LogP contribution >= 0.6 is 22.6 Å². The maximum Gasteiger partial charge on any atom is 0.202 e. The van der Waals surface area contributed by atoms with Crippen LogP contribution in [0.5, 0.6) is 0 Å². The Hall–Kier alpha value is -0.840. The number of fused-ring (bicyclic) bond motifs is 1. The van der Waals surface area contributed by atoms with Gasteiger partial charge in [-0.3, -0.25) is 4.79 Å². The summed E-state index contributed by atoms with van der Waals surface area (Å²) >= 11 is 2.07. The molecule has 0 aliphatic heterocycles. The summed E-state index contributed by atoms with van der Waals surface area (Å²) in [5.74, 6) is 0.502. The van der Waals surface area contributed by atoms with Gasteiger partial charge in [-0.2, -0.15) is 0 Å². The van der Waals surface area contributed by atoms with Crippen molar-refractivity contribution >= 4 is 33.5 Å². The second-order valence-corrected chi connectivity index (χ2v) is 5.24. The Kier molecular flexibility index (Phi) is 3.33. The first kappa shape index (κ1) is 11.6. The fourth-order valence-electron chi connectivity index (χ4n) is 1.75. The van der Waals surface area contributed by atoms with Crippen molar-refractivity contribution in [2.45, 2.75) is 26.2 Å². The van der Waals surface area contributed by atoms with Crippen molar-refractivity contribution in [3.63, 3.8) is 0 Å². The average Bonchev–Trinajstić information content (AvgIpc) is 2.32. The lowest BCUT2D eigenvalue weighted by Crippen LogP contribution is -2.07. The molecule has 0 amide bonds. The number of aromatic nitrogens is 1. The van der Waals surface area contributed by atoms with Gasteiger partial charge in [-0.15, -0.1) is 0 Å². The maximum atomic E-state index is 12.0. The smallest absolute Gasteiger partial charge is 0.202 e. The summed E-state index contributed by atoms with van der Waals surface area (Å²) in [6, 6.07) is 6.11. The standard InChI is InChI=1S/C13H14INO/c1-3-8(2)9-4-5-12-10(6-9)13(16)11(14)7-15-12/h4-8H,3H2,1-2H3,(H,15,16). The maximum absolute atomic E-state index is 12.0. The van der Waals surface area contributed by atoms with Crippen molar-refractivity contribution < 1.29 is 0 Å². The number of hydrogen-bond donors (Lipinski definition) is 1. The van der Waals surface area contributed by atoms with Gasteiger partial charge in [-0.1, -0.05) is 19.9 Å². The van der Waals surface area contributed by atoms with Crippen LogP contribution in [0, 0.1) is 3.57 Å². The van der Waals surface area contributed by atoms with Crippen LogP contribution in [-0.4, -0.2) is 4.98 Å². The van der Waals surface area contributed by atoms with Crippen molar-refractivity contribution in [1.82, 2.24) is 4.98 Å². The molecule has 0 fully saturated rings. The topological polar surface area (TPSA) is 32.9 Å². The lowest BCUT2D eigenvalue weighted by atomic mass is 9.97. The van der Waals surface area contributed by atoms with E-state index in [1.54, 1.807) is 6.20 Å². The Morgan fingerprint density at radius 1 is 1.44 bits per heavy atom. The van der Waals surface area contributed by atoms with E-state index >= 15 is 0 Å². The predicted octanol–water partition coefficient (Wildman–Crippen LogP) is 3.65. The Morgan fingerprint density at radius 3 is 2.88 bits per heavy atom. The van der Waals surface area contributed by atoms with Gasteiger partial charge in [-0.25, -0.2) is 0 Å². The number of H-pyrrole nitrogens is 1. The van der Waals surface area contributed by atoms with Crippen molar-refractivity contribution in [2.75, 3.05) is 0 Å². The quantitative estimate of drug-likeness (QED) is 0.839. The summed E-state index contributed by atoms with van der Waals surface area (Å²) < 4.78 is 0.742. The molecule has 3 heteroatoms. The predicted molar refractivity (Wildman–Crippen MR) is 76.0 cm³/mol. The summed E-state index contributed by atoms with van der Waals surface area (Å²) in [6.45, 7) is 4.34. The van der Waals surface area contributed by atoms with E-state index < -0.39 is 0 Å². The Balaban J connectivity index is 2.69. The Morgan fingerprint density at radius 2 is 2.19 bits per heavy atom. The zero-order chi connectivity index (χ0) is 11.7. The number of pyridine rings is 1. The zero-order valence-electron chi connectivity index (χ0n) is 9.38. The van der Waals surface area contributed by atoms with Gasteiger partial charge >= 0.3 is 0 Å². The molecule has 1 N–H and O–H groups in total. The van der Waals surface area contributed by atoms with Gasteiger partial charge in [0, 0.05) is 17.1 Å². The minimum Gasteiger partial charge on any atom is -0.360 e. The second kappa shape index (κ2) is 4.57. The highest BCUT2D eigenvalue weighted by atomic mass is 127. The van der Waals surface area contributed by atoms with E-state index in [4.69, 9.17) is 0 Å². The lowest BCUT2D eigenvalue weighted by molar-refractivity contribution is 0.734. The monoisotopic (exact) mass is 327 g/mol. The van der Waals surface area contributed by atoms with Gasteiger partial charge in [-0.05, 0) is 52.6 Å². The number of aromatic amines is 1. The fraction of sp³-hybridized carbons (Fsp3) is 0.308. The molecule has 1 heterocycles. The number of rotatable bonds is 2. The molecule has 1 aromatic heterocycles. The largest absolute Gasteiger partial charge is 0.360 e. The van der Waals surface area contributed by atoms with E-state index in [1.807, 2.05) is 12.1 Å². The molecule has 0 saturated carbocycles. The van der Waals surface area contributed by atoms with Gasteiger partial charge in [0.25, 0.3) is 0 Å².